The van der Waals surface area contributed by atoms with Gasteiger partial charge in [0.1, 0.15) is 11.4 Å². The van der Waals surface area contributed by atoms with Gasteiger partial charge in [-0.2, -0.15) is 0 Å². The highest BCUT2D eigenvalue weighted by molar-refractivity contribution is 6.10. The fraction of sp³-hybridized carbons (Fsp3) is 0.207. The van der Waals surface area contributed by atoms with Gasteiger partial charge in [-0.3, -0.25) is 14.5 Å². The average Bonchev–Trinajstić information content (AvgIpc) is 3.17. The van der Waals surface area contributed by atoms with Gasteiger partial charge < -0.3 is 9.15 Å². The summed E-state index contributed by atoms with van der Waals surface area (Å²) >= 11 is 0. The monoisotopic (exact) mass is 485 g/mol. The molecule has 3 aromatic carbocycles. The van der Waals surface area contributed by atoms with Crippen LogP contribution in [-0.2, 0) is 4.74 Å². The molecule has 0 radical (unpaired) electrons. The maximum absolute atomic E-state index is 14.0. The highest BCUT2D eigenvalue weighted by atomic mass is 19.1. The number of hydrogen-bond acceptors (Lipinski definition) is 5. The molecule has 0 aliphatic carbocycles. The molecule has 4 aromatic rings. The van der Waals surface area contributed by atoms with Crippen LogP contribution in [0.15, 0.2) is 75.9 Å². The molecule has 1 aliphatic rings. The van der Waals surface area contributed by atoms with E-state index in [2.05, 4.69) is 13.8 Å². The second-order valence-corrected chi connectivity index (χ2v) is 8.98. The van der Waals surface area contributed by atoms with E-state index >= 15 is 0 Å². The molecule has 0 spiro atoms. The largest absolute Gasteiger partial charge is 0.462 e. The van der Waals surface area contributed by atoms with Crippen molar-refractivity contribution in [3.05, 3.63) is 111 Å². The summed E-state index contributed by atoms with van der Waals surface area (Å²) in [6.07, 6.45) is 0. The summed E-state index contributed by atoms with van der Waals surface area (Å²) in [6.45, 7) is 6.13. The molecule has 5 rings (SSSR count). The number of amides is 1. The second kappa shape index (κ2) is 9.07. The number of rotatable bonds is 5. The lowest BCUT2D eigenvalue weighted by atomic mass is 9.95. The van der Waals surface area contributed by atoms with E-state index in [1.54, 1.807) is 31.2 Å². The Morgan fingerprint density at radius 1 is 1.03 bits per heavy atom. The number of esters is 1. The lowest BCUT2D eigenvalue weighted by molar-refractivity contribution is 0.0526. The van der Waals surface area contributed by atoms with Crippen molar-refractivity contribution in [1.82, 2.24) is 0 Å². The molecule has 1 unspecified atom stereocenters. The number of halogens is 1. The Balaban J connectivity index is 1.69. The maximum atomic E-state index is 14.0. The zero-order valence-electron chi connectivity index (χ0n) is 20.1. The van der Waals surface area contributed by atoms with Crippen LogP contribution in [-0.4, -0.2) is 18.5 Å². The molecular weight excluding hydrogens is 461 g/mol. The van der Waals surface area contributed by atoms with Gasteiger partial charge in [0.25, 0.3) is 5.91 Å². The van der Waals surface area contributed by atoms with Crippen LogP contribution in [0.3, 0.4) is 0 Å². The molecule has 6 nitrogen and oxygen atoms in total. The molecule has 0 saturated carbocycles. The van der Waals surface area contributed by atoms with Gasteiger partial charge in [-0.1, -0.05) is 38.1 Å². The summed E-state index contributed by atoms with van der Waals surface area (Å²) in [6, 6.07) is 17.0. The molecule has 1 aliphatic heterocycles. The smallest absolute Gasteiger partial charge is 0.338 e. The van der Waals surface area contributed by atoms with Gasteiger partial charge in [-0.05, 0) is 66.4 Å². The van der Waals surface area contributed by atoms with Crippen LogP contribution in [0.2, 0.25) is 0 Å². The molecule has 36 heavy (non-hydrogen) atoms. The molecule has 0 N–H and O–H groups in total. The number of fused-ring (bicyclic) bond motifs is 2. The van der Waals surface area contributed by atoms with E-state index in [1.165, 1.54) is 17.0 Å². The van der Waals surface area contributed by atoms with Crippen LogP contribution in [0.25, 0.3) is 11.0 Å². The Labute approximate surface area is 206 Å². The van der Waals surface area contributed by atoms with E-state index < -0.39 is 29.2 Å². The third kappa shape index (κ3) is 3.86. The predicted octanol–water partition coefficient (Wildman–Crippen LogP) is 5.98. The first-order chi connectivity index (χ1) is 17.3. The molecule has 0 saturated heterocycles. The van der Waals surface area contributed by atoms with Crippen LogP contribution in [0.5, 0.6) is 0 Å². The van der Waals surface area contributed by atoms with E-state index in [4.69, 9.17) is 9.15 Å². The van der Waals surface area contributed by atoms with Gasteiger partial charge in [0.2, 0.25) is 5.76 Å². The van der Waals surface area contributed by atoms with Gasteiger partial charge >= 0.3 is 5.97 Å². The number of anilines is 1. The normalized spacial score (nSPS) is 15.0. The fourth-order valence-electron chi connectivity index (χ4n) is 4.56. The number of ether oxygens (including phenoxy) is 1. The minimum absolute atomic E-state index is 0.0739. The molecule has 182 valence electrons. The molecular formula is C29H24FNO5. The fourth-order valence-corrected chi connectivity index (χ4v) is 4.56. The minimum atomic E-state index is -0.786. The van der Waals surface area contributed by atoms with Crippen molar-refractivity contribution in [2.24, 2.45) is 0 Å². The molecule has 1 atom stereocenters. The number of nitrogens with zero attached hydrogens (tertiary/aromatic N) is 1. The Hall–Kier alpha value is -4.26. The lowest BCUT2D eigenvalue weighted by Gasteiger charge is -2.25. The third-order valence-corrected chi connectivity index (χ3v) is 6.41. The Morgan fingerprint density at radius 2 is 1.72 bits per heavy atom. The van der Waals surface area contributed by atoms with Crippen molar-refractivity contribution in [1.29, 1.82) is 0 Å². The van der Waals surface area contributed by atoms with Crippen LogP contribution < -0.4 is 10.3 Å². The number of benzene rings is 3. The Morgan fingerprint density at radius 3 is 2.36 bits per heavy atom. The summed E-state index contributed by atoms with van der Waals surface area (Å²) in [5.74, 6) is -1.30. The maximum Gasteiger partial charge on any atom is 0.338 e. The van der Waals surface area contributed by atoms with E-state index in [1.807, 2.05) is 24.3 Å². The van der Waals surface area contributed by atoms with Gasteiger partial charge in [0.15, 0.2) is 5.43 Å². The van der Waals surface area contributed by atoms with Crippen molar-refractivity contribution in [3.63, 3.8) is 0 Å². The average molecular weight is 486 g/mol. The Kier molecular flexibility index (Phi) is 5.92. The van der Waals surface area contributed by atoms with Gasteiger partial charge in [-0.25, -0.2) is 9.18 Å². The molecule has 2 heterocycles. The highest BCUT2D eigenvalue weighted by Gasteiger charge is 2.43. The first-order valence-electron chi connectivity index (χ1n) is 11.8. The molecule has 7 heteroatoms. The zero-order chi connectivity index (χ0) is 25.6. The van der Waals surface area contributed by atoms with Gasteiger partial charge in [-0.15, -0.1) is 0 Å². The summed E-state index contributed by atoms with van der Waals surface area (Å²) < 4.78 is 24.9. The van der Waals surface area contributed by atoms with Crippen LogP contribution in [0, 0.1) is 5.82 Å². The number of carbonyl (C=O) groups excluding carboxylic acids is 2. The predicted molar refractivity (Wildman–Crippen MR) is 134 cm³/mol. The van der Waals surface area contributed by atoms with E-state index in [0.717, 1.165) is 11.6 Å². The molecule has 0 fully saturated rings. The van der Waals surface area contributed by atoms with Crippen molar-refractivity contribution in [2.75, 3.05) is 11.5 Å². The number of carbonyl (C=O) groups is 2. The summed E-state index contributed by atoms with van der Waals surface area (Å²) in [5, 5.41) is 0.0739. The van der Waals surface area contributed by atoms with Crippen LogP contribution in [0.1, 0.15) is 70.3 Å². The Bertz CT molecular complexity index is 1540. The van der Waals surface area contributed by atoms with Crippen LogP contribution in [0.4, 0.5) is 10.1 Å². The molecule has 0 bridgehead atoms. The molecule has 1 amide bonds. The first kappa shape index (κ1) is 23.5. The first-order valence-corrected chi connectivity index (χ1v) is 11.8. The SMILES string of the molecule is CCOC(=O)c1ccc(N2C(=O)c3oc4ccc(F)cc4c(=O)c3C2c2ccc(C(C)C)cc2)cc1. The summed E-state index contributed by atoms with van der Waals surface area (Å²) in [5.41, 5.74) is 2.49. The van der Waals surface area contributed by atoms with E-state index in [9.17, 15) is 18.8 Å². The third-order valence-electron chi connectivity index (χ3n) is 6.41. The van der Waals surface area contributed by atoms with Crippen LogP contribution >= 0.6 is 0 Å². The second-order valence-electron chi connectivity index (χ2n) is 8.98. The summed E-state index contributed by atoms with van der Waals surface area (Å²) in [4.78, 5) is 40.9. The summed E-state index contributed by atoms with van der Waals surface area (Å²) in [7, 11) is 0. The van der Waals surface area contributed by atoms with E-state index in [0.29, 0.717) is 22.7 Å². The van der Waals surface area contributed by atoms with E-state index in [-0.39, 0.29) is 28.9 Å². The van der Waals surface area contributed by atoms with Crippen molar-refractivity contribution in [2.45, 2.75) is 32.7 Å². The zero-order valence-corrected chi connectivity index (χ0v) is 20.1. The topological polar surface area (TPSA) is 76.8 Å². The van der Waals surface area contributed by atoms with Crippen molar-refractivity contribution < 1.29 is 23.1 Å². The lowest BCUT2D eigenvalue weighted by Crippen LogP contribution is -2.29. The standard InChI is InChI=1S/C29H24FNO5/c1-4-35-29(34)19-9-12-21(13-10-19)31-25(18-7-5-17(6-8-18)16(2)3)24-26(32)22-15-20(30)11-14-23(22)36-27(24)28(31)33/h5-16,25H,4H2,1-3H3. The van der Waals surface area contributed by atoms with Gasteiger partial charge in [0, 0.05) is 5.69 Å². The highest BCUT2D eigenvalue weighted by Crippen LogP contribution is 2.41. The van der Waals surface area contributed by atoms with Gasteiger partial charge in [0.05, 0.1) is 29.2 Å². The van der Waals surface area contributed by atoms with Crippen molar-refractivity contribution >= 4 is 28.5 Å². The quantitative estimate of drug-likeness (QED) is 0.325. The minimum Gasteiger partial charge on any atom is -0.462 e. The van der Waals surface area contributed by atoms with Crippen molar-refractivity contribution in [3.8, 4) is 0 Å². The molecule has 1 aromatic heterocycles. The number of hydrogen-bond donors (Lipinski definition) is 0.